The quantitative estimate of drug-likeness (QED) is 0.458. The molecule has 1 aliphatic carbocycles. The first-order valence-electron chi connectivity index (χ1n) is 10.8. The van der Waals surface area contributed by atoms with Gasteiger partial charge in [0.05, 0.1) is 29.2 Å². The molecule has 0 saturated heterocycles. The fraction of sp³-hybridized carbons (Fsp3) is 0.478. The fourth-order valence-electron chi connectivity index (χ4n) is 5.35. The summed E-state index contributed by atoms with van der Waals surface area (Å²) in [6.07, 6.45) is -7.94. The summed E-state index contributed by atoms with van der Waals surface area (Å²) in [5.41, 5.74) is -1.95. The maximum Gasteiger partial charge on any atom is 0.416 e. The van der Waals surface area contributed by atoms with Crippen molar-refractivity contribution in [2.45, 2.75) is 54.8 Å². The van der Waals surface area contributed by atoms with Crippen LogP contribution < -0.4 is 9.04 Å². The number of nitrogens with zero attached hydrogens (tertiary/aromatic N) is 1. The average molecular weight is 507 g/mol. The molecule has 2 aromatic rings. The first kappa shape index (κ1) is 24.7. The lowest BCUT2D eigenvalue weighted by molar-refractivity contribution is -0.203. The zero-order chi connectivity index (χ0) is 24.9. The molecule has 2 atom stereocenters. The molecule has 11 heteroatoms. The van der Waals surface area contributed by atoms with Gasteiger partial charge >= 0.3 is 12.4 Å². The minimum Gasteiger partial charge on any atom is -0.497 e. The predicted octanol–water partition coefficient (Wildman–Crippen LogP) is 6.30. The third-order valence-electron chi connectivity index (χ3n) is 6.97. The summed E-state index contributed by atoms with van der Waals surface area (Å²) in [7, 11) is -2.95. The molecule has 0 aromatic heterocycles. The van der Waals surface area contributed by atoms with E-state index in [2.05, 4.69) is 0 Å². The number of rotatable bonds is 3. The van der Waals surface area contributed by atoms with Crippen molar-refractivity contribution < 1.29 is 39.5 Å². The summed E-state index contributed by atoms with van der Waals surface area (Å²) in [5, 5.41) is 0. The second-order valence-corrected chi connectivity index (χ2v) is 10.6. The van der Waals surface area contributed by atoms with Crippen molar-refractivity contribution in [3.63, 3.8) is 0 Å². The third-order valence-corrected chi connectivity index (χ3v) is 8.79. The summed E-state index contributed by atoms with van der Waals surface area (Å²) >= 11 is 0. The zero-order valence-corrected chi connectivity index (χ0v) is 19.0. The van der Waals surface area contributed by atoms with Gasteiger partial charge in [-0.25, -0.2) is 8.42 Å². The highest BCUT2D eigenvalue weighted by Gasteiger charge is 2.57. The number of alkyl halides is 6. The van der Waals surface area contributed by atoms with Crippen LogP contribution >= 0.6 is 0 Å². The Bertz CT molecular complexity index is 1160. The minimum absolute atomic E-state index is 0.0498. The second-order valence-electron chi connectivity index (χ2n) is 8.73. The van der Waals surface area contributed by atoms with Crippen molar-refractivity contribution in [2.24, 2.45) is 5.92 Å². The van der Waals surface area contributed by atoms with Gasteiger partial charge in [0.1, 0.15) is 5.75 Å². The number of hydrogen-bond acceptors (Lipinski definition) is 3. The molecule has 4 rings (SSSR count). The van der Waals surface area contributed by atoms with Gasteiger partial charge in [-0.05, 0) is 67.3 Å². The van der Waals surface area contributed by atoms with Crippen LogP contribution in [0.25, 0.3) is 0 Å². The van der Waals surface area contributed by atoms with Gasteiger partial charge in [0.2, 0.25) is 0 Å². The maximum atomic E-state index is 14.1. The summed E-state index contributed by atoms with van der Waals surface area (Å²) in [6, 6.07) is 7.43. The van der Waals surface area contributed by atoms with E-state index >= 15 is 0 Å². The molecule has 2 aliphatic rings. The summed E-state index contributed by atoms with van der Waals surface area (Å²) < 4.78 is 114. The Morgan fingerprint density at radius 1 is 0.971 bits per heavy atom. The van der Waals surface area contributed by atoms with E-state index in [-0.39, 0.29) is 42.0 Å². The molecule has 0 N–H and O–H groups in total. The molecule has 186 valence electrons. The smallest absolute Gasteiger partial charge is 0.416 e. The highest BCUT2D eigenvalue weighted by Crippen LogP contribution is 2.57. The molecule has 1 heterocycles. The van der Waals surface area contributed by atoms with E-state index in [1.54, 1.807) is 0 Å². The standard InChI is InChI=1S/C23H23F6NO3S/c1-33-16-7-10-19-18(14-16)21(11-3-2-4-20(21)23(27,28)29)12-13-30(19)34(31,32)17-8-5-15(6-9-17)22(24,25)26/h5-10,14,20H,2-4,11-13H2,1H3. The molecule has 1 saturated carbocycles. The first-order chi connectivity index (χ1) is 15.8. The molecule has 0 radical (unpaired) electrons. The zero-order valence-electron chi connectivity index (χ0n) is 18.2. The lowest BCUT2D eigenvalue weighted by Gasteiger charge is -2.50. The largest absolute Gasteiger partial charge is 0.497 e. The molecule has 2 unspecified atom stereocenters. The number of sulfonamides is 1. The highest BCUT2D eigenvalue weighted by atomic mass is 32.2. The number of anilines is 1. The Morgan fingerprint density at radius 3 is 2.24 bits per heavy atom. The topological polar surface area (TPSA) is 46.6 Å². The minimum atomic E-state index is -4.63. The van der Waals surface area contributed by atoms with E-state index in [0.29, 0.717) is 30.7 Å². The van der Waals surface area contributed by atoms with Crippen LogP contribution in [0.3, 0.4) is 0 Å². The molecule has 1 aliphatic heterocycles. The average Bonchev–Trinajstić information content (AvgIpc) is 2.78. The number of benzene rings is 2. The van der Waals surface area contributed by atoms with E-state index in [9.17, 15) is 34.8 Å². The molecule has 4 nitrogen and oxygen atoms in total. The van der Waals surface area contributed by atoms with Crippen LogP contribution in [0.1, 0.15) is 43.2 Å². The second kappa shape index (κ2) is 8.35. The van der Waals surface area contributed by atoms with Crippen molar-refractivity contribution in [3.05, 3.63) is 53.6 Å². The van der Waals surface area contributed by atoms with Gasteiger partial charge in [0.25, 0.3) is 10.0 Å². The Kier molecular flexibility index (Phi) is 6.06. The number of fused-ring (bicyclic) bond motifs is 2. The SMILES string of the molecule is COc1ccc2c(c1)C1(CCCCC1C(F)(F)F)CCN2S(=O)(=O)c1ccc(C(F)(F)F)cc1. The van der Waals surface area contributed by atoms with E-state index < -0.39 is 39.3 Å². The van der Waals surface area contributed by atoms with Crippen molar-refractivity contribution >= 4 is 15.7 Å². The van der Waals surface area contributed by atoms with Gasteiger partial charge in [-0.15, -0.1) is 0 Å². The van der Waals surface area contributed by atoms with Crippen LogP contribution in [0.4, 0.5) is 32.0 Å². The third kappa shape index (κ3) is 4.12. The van der Waals surface area contributed by atoms with Crippen molar-refractivity contribution in [3.8, 4) is 5.75 Å². The van der Waals surface area contributed by atoms with Crippen molar-refractivity contribution in [2.75, 3.05) is 18.0 Å². The lowest BCUT2D eigenvalue weighted by atomic mass is 9.59. The monoisotopic (exact) mass is 507 g/mol. The van der Waals surface area contributed by atoms with Gasteiger partial charge in [0.15, 0.2) is 0 Å². The van der Waals surface area contributed by atoms with Crippen LogP contribution in [0.5, 0.6) is 5.75 Å². The van der Waals surface area contributed by atoms with Crippen LogP contribution in [0.2, 0.25) is 0 Å². The highest BCUT2D eigenvalue weighted by molar-refractivity contribution is 7.92. The first-order valence-corrected chi connectivity index (χ1v) is 12.2. The molecular formula is C23H23F6NO3S. The summed E-state index contributed by atoms with van der Waals surface area (Å²) in [6.45, 7) is -0.213. The fourth-order valence-corrected chi connectivity index (χ4v) is 6.83. The van der Waals surface area contributed by atoms with Crippen molar-refractivity contribution in [1.82, 2.24) is 0 Å². The Labute approximate surface area is 193 Å². The van der Waals surface area contributed by atoms with Gasteiger partial charge in [-0.3, -0.25) is 4.31 Å². The molecule has 34 heavy (non-hydrogen) atoms. The molecule has 0 bridgehead atoms. The van der Waals surface area contributed by atoms with E-state index in [4.69, 9.17) is 4.74 Å². The van der Waals surface area contributed by atoms with Gasteiger partial charge < -0.3 is 4.74 Å². The molecule has 1 spiro atoms. The van der Waals surface area contributed by atoms with E-state index in [1.165, 1.54) is 25.3 Å². The number of hydrogen-bond donors (Lipinski definition) is 0. The van der Waals surface area contributed by atoms with Crippen LogP contribution in [0, 0.1) is 5.92 Å². The number of halogens is 6. The summed E-state index contributed by atoms with van der Waals surface area (Å²) in [4.78, 5) is -0.366. The van der Waals surface area contributed by atoms with Crippen LogP contribution in [-0.4, -0.2) is 28.2 Å². The van der Waals surface area contributed by atoms with E-state index in [1.807, 2.05) is 0 Å². The molecular weight excluding hydrogens is 484 g/mol. The Morgan fingerprint density at radius 2 is 1.65 bits per heavy atom. The normalized spacial score (nSPS) is 23.6. The summed E-state index contributed by atoms with van der Waals surface area (Å²) in [5.74, 6) is -1.33. The van der Waals surface area contributed by atoms with Gasteiger partial charge in [0, 0.05) is 12.0 Å². The molecule has 2 aromatic carbocycles. The van der Waals surface area contributed by atoms with Gasteiger partial charge in [-0.1, -0.05) is 12.8 Å². The van der Waals surface area contributed by atoms with Crippen molar-refractivity contribution in [1.29, 1.82) is 0 Å². The van der Waals surface area contributed by atoms with Crippen LogP contribution in [0.15, 0.2) is 47.4 Å². The van der Waals surface area contributed by atoms with Gasteiger partial charge in [-0.2, -0.15) is 26.3 Å². The maximum absolute atomic E-state index is 14.1. The Hall–Kier alpha value is -2.43. The molecule has 0 amide bonds. The lowest BCUT2D eigenvalue weighted by Crippen LogP contribution is -2.52. The number of methoxy groups -OCH3 is 1. The van der Waals surface area contributed by atoms with Crippen LogP contribution in [-0.2, 0) is 21.6 Å². The Balaban J connectivity index is 1.83. The number of ether oxygens (including phenoxy) is 1. The predicted molar refractivity (Wildman–Crippen MR) is 113 cm³/mol. The molecule has 1 fully saturated rings. The van der Waals surface area contributed by atoms with E-state index in [0.717, 1.165) is 16.4 Å².